The fourth-order valence-electron chi connectivity index (χ4n) is 5.78. The summed E-state index contributed by atoms with van der Waals surface area (Å²) in [7, 11) is 0. The number of hydrogen-bond acceptors (Lipinski definition) is 6. The minimum atomic E-state index is -0.587. The molecule has 2 amide bonds. The summed E-state index contributed by atoms with van der Waals surface area (Å²) in [6.45, 7) is 12.6. The van der Waals surface area contributed by atoms with Crippen molar-refractivity contribution in [2.24, 2.45) is 11.8 Å². The Balaban J connectivity index is 1.92. The molecule has 33 heavy (non-hydrogen) atoms. The van der Waals surface area contributed by atoms with Gasteiger partial charge in [0.05, 0.1) is 16.6 Å². The molecular formula is C25H38N2O5S. The molecule has 5 atom stereocenters. The number of aliphatic hydroxyl groups is 1. The van der Waals surface area contributed by atoms with Crippen molar-refractivity contribution in [3.8, 4) is 0 Å². The van der Waals surface area contributed by atoms with E-state index in [1.54, 1.807) is 27.6 Å². The predicted molar refractivity (Wildman–Crippen MR) is 130 cm³/mol. The Morgan fingerprint density at radius 1 is 1.27 bits per heavy atom. The van der Waals surface area contributed by atoms with E-state index in [-0.39, 0.29) is 42.3 Å². The molecule has 184 valence electrons. The molecule has 2 bridgehead atoms. The summed E-state index contributed by atoms with van der Waals surface area (Å²) in [5.41, 5.74) is 0. The second kappa shape index (κ2) is 11.1. The highest BCUT2D eigenvalue weighted by Crippen LogP contribution is 2.66. The van der Waals surface area contributed by atoms with Gasteiger partial charge in [0, 0.05) is 31.0 Å². The van der Waals surface area contributed by atoms with Crippen LogP contribution in [0.2, 0.25) is 0 Å². The lowest BCUT2D eigenvalue weighted by Gasteiger charge is -2.38. The van der Waals surface area contributed by atoms with Crippen LogP contribution in [-0.2, 0) is 19.1 Å². The number of amides is 2. The molecule has 7 nitrogen and oxygen atoms in total. The first-order chi connectivity index (χ1) is 15.8. The number of nitrogens with zero attached hydrogens (tertiary/aromatic N) is 2. The van der Waals surface area contributed by atoms with Crippen LogP contribution >= 0.6 is 11.8 Å². The van der Waals surface area contributed by atoms with Crippen LogP contribution in [0.15, 0.2) is 25.3 Å². The molecule has 1 spiro atoms. The Morgan fingerprint density at radius 3 is 2.64 bits per heavy atom. The Kier molecular flexibility index (Phi) is 8.67. The number of likely N-dealkylation sites (tertiary alicyclic amines) is 1. The Bertz CT molecular complexity index is 772. The van der Waals surface area contributed by atoms with E-state index in [9.17, 15) is 14.4 Å². The molecule has 3 saturated heterocycles. The maximum atomic E-state index is 14.0. The molecule has 0 radical (unpaired) electrons. The fourth-order valence-corrected chi connectivity index (χ4v) is 7.98. The van der Waals surface area contributed by atoms with E-state index in [1.165, 1.54) is 6.08 Å². The molecule has 1 N–H and O–H groups in total. The van der Waals surface area contributed by atoms with Crippen LogP contribution in [0.4, 0.5) is 0 Å². The summed E-state index contributed by atoms with van der Waals surface area (Å²) < 4.78 is 4.80. The predicted octanol–water partition coefficient (Wildman–Crippen LogP) is 2.78. The van der Waals surface area contributed by atoms with E-state index in [0.29, 0.717) is 13.1 Å². The molecule has 0 aromatic carbocycles. The molecule has 0 aromatic heterocycles. The monoisotopic (exact) mass is 478 g/mol. The normalized spacial score (nSPS) is 29.9. The molecule has 0 aliphatic carbocycles. The van der Waals surface area contributed by atoms with E-state index in [2.05, 4.69) is 13.2 Å². The number of esters is 1. The standard InChI is InChI=1S/C25H38N2O5S/c1-5-13-26(17(3)4)23(30)21-25-12-11-18(33-25)19(24(31)32-16-6-2)20(25)22(29)27(21)14-9-7-8-10-15-28/h5-6,17-21,28H,1-2,7-16H2,3-4H3/t18-,19+,20-,21?,25?/m0/s1. The van der Waals surface area contributed by atoms with E-state index in [1.807, 2.05) is 13.8 Å². The van der Waals surface area contributed by atoms with Crippen molar-refractivity contribution < 1.29 is 24.2 Å². The zero-order valence-corrected chi connectivity index (χ0v) is 20.7. The molecular weight excluding hydrogens is 440 g/mol. The Labute approximate surface area is 201 Å². The molecule has 0 saturated carbocycles. The maximum absolute atomic E-state index is 14.0. The van der Waals surface area contributed by atoms with Crippen molar-refractivity contribution in [3.63, 3.8) is 0 Å². The number of fused-ring (bicyclic) bond motifs is 1. The number of rotatable bonds is 13. The largest absolute Gasteiger partial charge is 0.461 e. The fraction of sp³-hybridized carbons (Fsp3) is 0.720. The lowest BCUT2D eigenvalue weighted by atomic mass is 9.71. The van der Waals surface area contributed by atoms with Crippen LogP contribution in [-0.4, -0.2) is 81.1 Å². The van der Waals surface area contributed by atoms with Crippen molar-refractivity contribution in [2.45, 2.75) is 74.5 Å². The van der Waals surface area contributed by atoms with Crippen molar-refractivity contribution in [3.05, 3.63) is 25.3 Å². The van der Waals surface area contributed by atoms with Crippen LogP contribution in [0, 0.1) is 11.8 Å². The van der Waals surface area contributed by atoms with Crippen LogP contribution in [0.5, 0.6) is 0 Å². The number of carbonyl (C=O) groups excluding carboxylic acids is 3. The SMILES string of the molecule is C=CCOC(=O)[C@@H]1[C@@H]2CCC3(S2)C(C(=O)N(CC=C)C(C)C)N(CCCCCCO)C(=O)[C@H]13. The lowest BCUT2D eigenvalue weighted by Crippen LogP contribution is -2.56. The second-order valence-corrected chi connectivity index (χ2v) is 11.1. The van der Waals surface area contributed by atoms with E-state index in [4.69, 9.17) is 9.84 Å². The Morgan fingerprint density at radius 2 is 2.00 bits per heavy atom. The van der Waals surface area contributed by atoms with Crippen molar-refractivity contribution in [1.82, 2.24) is 9.80 Å². The molecule has 0 aromatic rings. The topological polar surface area (TPSA) is 87.2 Å². The second-order valence-electron chi connectivity index (χ2n) is 9.52. The van der Waals surface area contributed by atoms with Crippen molar-refractivity contribution >= 4 is 29.5 Å². The number of thioether (sulfide) groups is 1. The minimum Gasteiger partial charge on any atom is -0.461 e. The van der Waals surface area contributed by atoms with Gasteiger partial charge >= 0.3 is 5.97 Å². The molecule has 3 rings (SSSR count). The van der Waals surface area contributed by atoms with E-state index < -0.39 is 22.6 Å². The molecule has 2 unspecified atom stereocenters. The maximum Gasteiger partial charge on any atom is 0.311 e. The zero-order chi connectivity index (χ0) is 24.2. The smallest absolute Gasteiger partial charge is 0.311 e. The summed E-state index contributed by atoms with van der Waals surface area (Å²) in [5.74, 6) is -1.53. The zero-order valence-electron chi connectivity index (χ0n) is 19.9. The number of ether oxygens (including phenoxy) is 1. The van der Waals surface area contributed by atoms with Crippen molar-refractivity contribution in [2.75, 3.05) is 26.3 Å². The molecule has 8 heteroatoms. The number of unbranched alkanes of at least 4 members (excludes halogenated alkanes) is 3. The van der Waals surface area contributed by atoms with Crippen molar-refractivity contribution in [1.29, 1.82) is 0 Å². The molecule has 3 aliphatic heterocycles. The van der Waals surface area contributed by atoms with Gasteiger partial charge in [-0.3, -0.25) is 14.4 Å². The molecule has 3 aliphatic rings. The van der Waals surface area contributed by atoms with Gasteiger partial charge in [0.15, 0.2) is 0 Å². The van der Waals surface area contributed by atoms with Gasteiger partial charge < -0.3 is 19.6 Å². The van der Waals surface area contributed by atoms with Gasteiger partial charge in [0.2, 0.25) is 11.8 Å². The van der Waals surface area contributed by atoms with Gasteiger partial charge in [0.1, 0.15) is 12.6 Å². The highest BCUT2D eigenvalue weighted by molar-refractivity contribution is 8.02. The third kappa shape index (κ3) is 4.74. The summed E-state index contributed by atoms with van der Waals surface area (Å²) >= 11 is 1.66. The Hall–Kier alpha value is -1.80. The third-order valence-corrected chi connectivity index (χ3v) is 9.14. The van der Waals surface area contributed by atoms with Gasteiger partial charge in [-0.2, -0.15) is 0 Å². The highest BCUT2D eigenvalue weighted by atomic mass is 32.2. The third-order valence-electron chi connectivity index (χ3n) is 7.19. The van der Waals surface area contributed by atoms with Gasteiger partial charge in [-0.05, 0) is 39.5 Å². The van der Waals surface area contributed by atoms with Gasteiger partial charge in [0.25, 0.3) is 0 Å². The number of hydrogen-bond donors (Lipinski definition) is 1. The molecule has 3 fully saturated rings. The van der Waals surface area contributed by atoms with Crippen LogP contribution in [0.25, 0.3) is 0 Å². The number of aliphatic hydroxyl groups excluding tert-OH is 1. The molecule has 3 heterocycles. The summed E-state index contributed by atoms with van der Waals surface area (Å²) in [6, 6.07) is -0.605. The number of carbonyl (C=O) groups is 3. The van der Waals surface area contributed by atoms with Gasteiger partial charge in [-0.1, -0.05) is 31.6 Å². The van der Waals surface area contributed by atoms with Crippen LogP contribution in [0.3, 0.4) is 0 Å². The van der Waals surface area contributed by atoms with Crippen LogP contribution < -0.4 is 0 Å². The first-order valence-electron chi connectivity index (χ1n) is 12.1. The summed E-state index contributed by atoms with van der Waals surface area (Å²) in [4.78, 5) is 44.2. The van der Waals surface area contributed by atoms with Crippen LogP contribution in [0.1, 0.15) is 52.4 Å². The first-order valence-corrected chi connectivity index (χ1v) is 13.0. The van der Waals surface area contributed by atoms with E-state index in [0.717, 1.165) is 38.5 Å². The average molecular weight is 479 g/mol. The van der Waals surface area contributed by atoms with Gasteiger partial charge in [-0.25, -0.2) is 0 Å². The lowest BCUT2D eigenvalue weighted by molar-refractivity contribution is -0.153. The average Bonchev–Trinajstić information content (AvgIpc) is 3.42. The van der Waals surface area contributed by atoms with E-state index >= 15 is 0 Å². The quantitative estimate of drug-likeness (QED) is 0.249. The minimum absolute atomic E-state index is 0.00479. The first kappa shape index (κ1) is 25.8. The highest BCUT2D eigenvalue weighted by Gasteiger charge is 2.74. The summed E-state index contributed by atoms with van der Waals surface area (Å²) in [6.07, 6.45) is 8.07. The summed E-state index contributed by atoms with van der Waals surface area (Å²) in [5, 5.41) is 9.05. The van der Waals surface area contributed by atoms with Gasteiger partial charge in [-0.15, -0.1) is 18.3 Å².